The molecule has 0 bridgehead atoms. The van der Waals surface area contributed by atoms with E-state index in [9.17, 15) is 4.79 Å². The molecule has 1 N–H and O–H groups in total. The third-order valence-electron chi connectivity index (χ3n) is 2.92. The molecule has 1 aromatic carbocycles. The number of aliphatic hydroxyl groups excluding tert-OH is 1. The Kier molecular flexibility index (Phi) is 6.39. The topological polar surface area (TPSA) is 43.8 Å². The molecule has 1 rings (SSSR count). The average Bonchev–Trinajstić information content (AvgIpc) is 2.39. The lowest BCUT2D eigenvalue weighted by Crippen LogP contribution is -2.39. The SMILES string of the molecule is CCN(C)C(=O)CN(CCO)Cc1ccccc1. The Morgan fingerprint density at radius 2 is 1.94 bits per heavy atom. The maximum atomic E-state index is 11.9. The highest BCUT2D eigenvalue weighted by Crippen LogP contribution is 2.04. The molecule has 0 radical (unpaired) electrons. The van der Waals surface area contributed by atoms with Gasteiger partial charge in [0, 0.05) is 26.7 Å². The first-order chi connectivity index (χ1) is 8.67. The Bertz CT molecular complexity index is 354. The van der Waals surface area contributed by atoms with Crippen molar-refractivity contribution in [3.63, 3.8) is 0 Å². The van der Waals surface area contributed by atoms with Crippen LogP contribution >= 0.6 is 0 Å². The molecule has 100 valence electrons. The van der Waals surface area contributed by atoms with Crippen LogP contribution in [0.1, 0.15) is 12.5 Å². The van der Waals surface area contributed by atoms with Crippen LogP contribution in [0, 0.1) is 0 Å². The number of hydrogen-bond donors (Lipinski definition) is 1. The van der Waals surface area contributed by atoms with E-state index >= 15 is 0 Å². The van der Waals surface area contributed by atoms with Crippen molar-refractivity contribution in [3.05, 3.63) is 35.9 Å². The zero-order valence-corrected chi connectivity index (χ0v) is 11.2. The summed E-state index contributed by atoms with van der Waals surface area (Å²) in [5.41, 5.74) is 1.15. The molecular weight excluding hydrogens is 228 g/mol. The van der Waals surface area contributed by atoms with Crippen LogP contribution in [0.4, 0.5) is 0 Å². The van der Waals surface area contributed by atoms with Gasteiger partial charge in [-0.05, 0) is 12.5 Å². The minimum atomic E-state index is 0.0654. The normalized spacial score (nSPS) is 10.7. The van der Waals surface area contributed by atoms with Crippen LogP contribution < -0.4 is 0 Å². The fraction of sp³-hybridized carbons (Fsp3) is 0.500. The molecule has 1 amide bonds. The minimum Gasteiger partial charge on any atom is -0.395 e. The van der Waals surface area contributed by atoms with Gasteiger partial charge in [-0.2, -0.15) is 0 Å². The lowest BCUT2D eigenvalue weighted by atomic mass is 10.2. The van der Waals surface area contributed by atoms with E-state index in [1.54, 1.807) is 11.9 Å². The van der Waals surface area contributed by atoms with Gasteiger partial charge in [0.2, 0.25) is 5.91 Å². The molecule has 1 aromatic rings. The van der Waals surface area contributed by atoms with Gasteiger partial charge in [0.25, 0.3) is 0 Å². The maximum Gasteiger partial charge on any atom is 0.236 e. The van der Waals surface area contributed by atoms with Crippen molar-refractivity contribution in [3.8, 4) is 0 Å². The second-order valence-corrected chi connectivity index (χ2v) is 4.33. The smallest absolute Gasteiger partial charge is 0.236 e. The van der Waals surface area contributed by atoms with Crippen LogP contribution in [0.2, 0.25) is 0 Å². The molecule has 0 unspecified atom stereocenters. The van der Waals surface area contributed by atoms with Gasteiger partial charge >= 0.3 is 0 Å². The van der Waals surface area contributed by atoms with E-state index in [0.29, 0.717) is 26.2 Å². The van der Waals surface area contributed by atoms with Gasteiger partial charge in [0.1, 0.15) is 0 Å². The number of aliphatic hydroxyl groups is 1. The van der Waals surface area contributed by atoms with E-state index in [1.165, 1.54) is 0 Å². The highest BCUT2D eigenvalue weighted by atomic mass is 16.3. The second-order valence-electron chi connectivity index (χ2n) is 4.33. The first kappa shape index (κ1) is 14.7. The Morgan fingerprint density at radius 1 is 1.28 bits per heavy atom. The van der Waals surface area contributed by atoms with Gasteiger partial charge in [-0.25, -0.2) is 0 Å². The van der Waals surface area contributed by atoms with Crippen LogP contribution in [0.3, 0.4) is 0 Å². The largest absolute Gasteiger partial charge is 0.395 e. The number of likely N-dealkylation sites (N-methyl/N-ethyl adjacent to an activating group) is 1. The maximum absolute atomic E-state index is 11.9. The summed E-state index contributed by atoms with van der Waals surface area (Å²) in [5.74, 6) is 0.0851. The van der Waals surface area contributed by atoms with E-state index < -0.39 is 0 Å². The van der Waals surface area contributed by atoms with Crippen molar-refractivity contribution in [1.29, 1.82) is 0 Å². The zero-order valence-electron chi connectivity index (χ0n) is 11.2. The van der Waals surface area contributed by atoms with Crippen molar-refractivity contribution >= 4 is 5.91 Å². The van der Waals surface area contributed by atoms with Crippen molar-refractivity contribution in [2.45, 2.75) is 13.5 Å². The molecule has 0 aliphatic rings. The fourth-order valence-electron chi connectivity index (χ4n) is 1.69. The molecule has 0 aliphatic heterocycles. The van der Waals surface area contributed by atoms with Crippen LogP contribution in [-0.2, 0) is 11.3 Å². The summed E-state index contributed by atoms with van der Waals surface area (Å²) < 4.78 is 0. The molecule has 0 heterocycles. The second kappa shape index (κ2) is 7.84. The molecule has 0 spiro atoms. The van der Waals surface area contributed by atoms with Gasteiger partial charge in [0.05, 0.1) is 13.2 Å². The monoisotopic (exact) mass is 250 g/mol. The summed E-state index contributed by atoms with van der Waals surface area (Å²) in [6.07, 6.45) is 0. The summed E-state index contributed by atoms with van der Waals surface area (Å²) in [4.78, 5) is 15.5. The number of rotatable bonds is 7. The molecule has 18 heavy (non-hydrogen) atoms. The molecule has 0 aliphatic carbocycles. The van der Waals surface area contributed by atoms with E-state index in [0.717, 1.165) is 5.56 Å². The van der Waals surface area contributed by atoms with Crippen LogP contribution in [0.25, 0.3) is 0 Å². The number of carbonyl (C=O) groups is 1. The third kappa shape index (κ3) is 4.85. The molecule has 0 fully saturated rings. The lowest BCUT2D eigenvalue weighted by molar-refractivity contribution is -0.131. The number of amides is 1. The van der Waals surface area contributed by atoms with Crippen LogP contribution in [-0.4, -0.2) is 54.1 Å². The van der Waals surface area contributed by atoms with Crippen molar-refractivity contribution in [2.24, 2.45) is 0 Å². The van der Waals surface area contributed by atoms with Gasteiger partial charge in [0.15, 0.2) is 0 Å². The zero-order chi connectivity index (χ0) is 13.4. The van der Waals surface area contributed by atoms with Crippen LogP contribution in [0.15, 0.2) is 30.3 Å². The highest BCUT2D eigenvalue weighted by Gasteiger charge is 2.13. The van der Waals surface area contributed by atoms with Gasteiger partial charge < -0.3 is 10.0 Å². The van der Waals surface area contributed by atoms with E-state index in [2.05, 4.69) is 0 Å². The molecule has 0 atom stereocenters. The van der Waals surface area contributed by atoms with Gasteiger partial charge in [-0.3, -0.25) is 9.69 Å². The minimum absolute atomic E-state index is 0.0654. The van der Waals surface area contributed by atoms with Crippen molar-refractivity contribution in [2.75, 3.05) is 33.3 Å². The Hall–Kier alpha value is -1.39. The quantitative estimate of drug-likeness (QED) is 0.784. The summed E-state index contributed by atoms with van der Waals surface area (Å²) in [7, 11) is 1.79. The van der Waals surface area contributed by atoms with E-state index in [4.69, 9.17) is 5.11 Å². The number of carbonyl (C=O) groups excluding carboxylic acids is 1. The summed E-state index contributed by atoms with van der Waals surface area (Å²) >= 11 is 0. The van der Waals surface area contributed by atoms with Crippen molar-refractivity contribution in [1.82, 2.24) is 9.80 Å². The Balaban J connectivity index is 2.57. The molecule has 0 aromatic heterocycles. The fourth-order valence-corrected chi connectivity index (χ4v) is 1.69. The highest BCUT2D eigenvalue weighted by molar-refractivity contribution is 5.77. The number of benzene rings is 1. The number of nitrogens with zero attached hydrogens (tertiary/aromatic N) is 2. The van der Waals surface area contributed by atoms with Crippen LogP contribution in [0.5, 0.6) is 0 Å². The van der Waals surface area contributed by atoms with Gasteiger partial charge in [-0.1, -0.05) is 30.3 Å². The summed E-state index contributed by atoms with van der Waals surface area (Å²) in [6, 6.07) is 9.98. The van der Waals surface area contributed by atoms with Gasteiger partial charge in [-0.15, -0.1) is 0 Å². The first-order valence-electron chi connectivity index (χ1n) is 6.28. The predicted octanol–water partition coefficient (Wildman–Crippen LogP) is 0.959. The standard InChI is InChI=1S/C14H22N2O2/c1-3-15(2)14(18)12-16(9-10-17)11-13-7-5-4-6-8-13/h4-8,17H,3,9-12H2,1-2H3. The summed E-state index contributed by atoms with van der Waals surface area (Å²) in [6.45, 7) is 4.27. The average molecular weight is 250 g/mol. The summed E-state index contributed by atoms with van der Waals surface area (Å²) in [5, 5.41) is 9.06. The third-order valence-corrected chi connectivity index (χ3v) is 2.92. The Labute approximate surface area is 109 Å². The van der Waals surface area contributed by atoms with E-state index in [-0.39, 0.29) is 12.5 Å². The lowest BCUT2D eigenvalue weighted by Gasteiger charge is -2.23. The van der Waals surface area contributed by atoms with Crippen molar-refractivity contribution < 1.29 is 9.90 Å². The Morgan fingerprint density at radius 3 is 2.50 bits per heavy atom. The number of hydrogen-bond acceptors (Lipinski definition) is 3. The molecule has 4 heteroatoms. The molecule has 0 saturated carbocycles. The van der Waals surface area contributed by atoms with E-state index in [1.807, 2.05) is 42.2 Å². The predicted molar refractivity (Wildman–Crippen MR) is 72.1 cm³/mol. The molecular formula is C14H22N2O2. The molecule has 4 nitrogen and oxygen atoms in total. The molecule has 0 saturated heterocycles. The first-order valence-corrected chi connectivity index (χ1v) is 6.28.